The maximum Gasteiger partial charge on any atom is 0.321 e. The molecule has 2 saturated heterocycles. The fraction of sp³-hybridized carbons (Fsp3) is 0.579. The molecule has 2 aliphatic rings. The number of morpholine rings is 1. The second-order valence-corrected chi connectivity index (χ2v) is 9.49. The van der Waals surface area contributed by atoms with Crippen LogP contribution >= 0.6 is 0 Å². The maximum absolute atomic E-state index is 12.7. The van der Waals surface area contributed by atoms with Crippen LogP contribution in [0.1, 0.15) is 13.8 Å². The van der Waals surface area contributed by atoms with E-state index in [0.717, 1.165) is 0 Å². The first-order valence-corrected chi connectivity index (χ1v) is 11.5. The van der Waals surface area contributed by atoms with E-state index < -0.39 is 10.2 Å². The highest BCUT2D eigenvalue weighted by Crippen LogP contribution is 2.18. The second kappa shape index (κ2) is 9.73. The van der Waals surface area contributed by atoms with E-state index in [1.54, 1.807) is 43.0 Å². The Bertz CT molecular complexity index is 862. The van der Waals surface area contributed by atoms with Gasteiger partial charge >= 0.3 is 6.03 Å². The van der Waals surface area contributed by atoms with Gasteiger partial charge in [-0.1, -0.05) is 19.9 Å². The van der Waals surface area contributed by atoms with Crippen molar-refractivity contribution in [2.75, 3.05) is 63.1 Å². The van der Waals surface area contributed by atoms with Crippen molar-refractivity contribution in [2.24, 2.45) is 5.92 Å². The number of amides is 3. The minimum atomic E-state index is -3.53. The van der Waals surface area contributed by atoms with Crippen LogP contribution in [0.25, 0.3) is 0 Å². The van der Waals surface area contributed by atoms with Gasteiger partial charge in [-0.3, -0.25) is 4.79 Å². The van der Waals surface area contributed by atoms with Crippen LogP contribution in [-0.4, -0.2) is 86.3 Å². The van der Waals surface area contributed by atoms with E-state index in [1.807, 2.05) is 0 Å². The van der Waals surface area contributed by atoms with Gasteiger partial charge in [-0.25, -0.2) is 4.79 Å². The summed E-state index contributed by atoms with van der Waals surface area (Å²) in [5.41, 5.74) is 1.16. The molecule has 166 valence electrons. The Morgan fingerprint density at radius 2 is 1.50 bits per heavy atom. The normalized spacial score (nSPS) is 19.0. The molecule has 10 nitrogen and oxygen atoms in total. The topological polar surface area (TPSA) is 111 Å². The molecule has 1 aromatic carbocycles. The molecule has 0 atom stereocenters. The van der Waals surface area contributed by atoms with E-state index in [2.05, 4.69) is 10.6 Å². The zero-order valence-corrected chi connectivity index (χ0v) is 18.2. The third-order valence-corrected chi connectivity index (χ3v) is 7.09. The van der Waals surface area contributed by atoms with Crippen LogP contribution in [0.2, 0.25) is 0 Å². The van der Waals surface area contributed by atoms with E-state index >= 15 is 0 Å². The van der Waals surface area contributed by atoms with Crippen molar-refractivity contribution in [3.05, 3.63) is 24.3 Å². The van der Waals surface area contributed by atoms with Gasteiger partial charge in [-0.05, 0) is 18.2 Å². The van der Waals surface area contributed by atoms with Crippen molar-refractivity contribution in [2.45, 2.75) is 13.8 Å². The van der Waals surface area contributed by atoms with E-state index in [9.17, 15) is 18.0 Å². The van der Waals surface area contributed by atoms with Gasteiger partial charge < -0.3 is 20.3 Å². The Labute approximate surface area is 177 Å². The molecule has 0 unspecified atom stereocenters. The number of carbonyl (C=O) groups excluding carboxylic acids is 2. The van der Waals surface area contributed by atoms with Gasteiger partial charge in [-0.15, -0.1) is 0 Å². The molecule has 3 rings (SSSR count). The molecule has 30 heavy (non-hydrogen) atoms. The number of hydrogen-bond acceptors (Lipinski definition) is 5. The molecule has 0 bridgehead atoms. The SMILES string of the molecule is CC(C)C(=O)Nc1cccc(NC(=O)N2CCN(S(=O)(=O)N3CCOCC3)CC2)c1. The molecule has 2 aliphatic heterocycles. The van der Waals surface area contributed by atoms with Gasteiger partial charge in [0, 0.05) is 56.6 Å². The first-order valence-electron chi connectivity index (χ1n) is 10.1. The Kier molecular flexibility index (Phi) is 7.29. The largest absolute Gasteiger partial charge is 0.379 e. The zero-order chi connectivity index (χ0) is 21.7. The molecule has 3 amide bonds. The highest BCUT2D eigenvalue weighted by molar-refractivity contribution is 7.86. The Morgan fingerprint density at radius 3 is 2.10 bits per heavy atom. The highest BCUT2D eigenvalue weighted by Gasteiger charge is 2.34. The van der Waals surface area contributed by atoms with Gasteiger partial charge in [0.1, 0.15) is 0 Å². The van der Waals surface area contributed by atoms with Crippen LogP contribution in [0.3, 0.4) is 0 Å². The molecule has 2 N–H and O–H groups in total. The van der Waals surface area contributed by atoms with Crippen molar-refractivity contribution < 1.29 is 22.7 Å². The molecular formula is C19H29N5O5S. The minimum Gasteiger partial charge on any atom is -0.379 e. The molecule has 0 aliphatic carbocycles. The number of piperazine rings is 1. The number of hydrogen-bond donors (Lipinski definition) is 2. The number of rotatable bonds is 5. The molecule has 11 heteroatoms. The lowest BCUT2D eigenvalue weighted by atomic mass is 10.2. The molecule has 0 radical (unpaired) electrons. The monoisotopic (exact) mass is 439 g/mol. The summed E-state index contributed by atoms with van der Waals surface area (Å²) in [5, 5.41) is 5.61. The molecule has 0 spiro atoms. The Hall–Kier alpha value is -2.21. The van der Waals surface area contributed by atoms with Crippen LogP contribution < -0.4 is 10.6 Å². The van der Waals surface area contributed by atoms with E-state index in [0.29, 0.717) is 50.8 Å². The standard InChI is InChI=1S/C19H29N5O5S/c1-15(2)18(25)20-16-4-3-5-17(14-16)21-19(26)22-6-8-23(9-7-22)30(27,28)24-10-12-29-13-11-24/h3-5,14-15H,6-13H2,1-2H3,(H,20,25)(H,21,26). The molecule has 2 fully saturated rings. The van der Waals surface area contributed by atoms with Crippen LogP contribution in [0.5, 0.6) is 0 Å². The van der Waals surface area contributed by atoms with E-state index in [1.165, 1.54) is 8.61 Å². The quantitative estimate of drug-likeness (QED) is 0.711. The number of nitrogens with zero attached hydrogens (tertiary/aromatic N) is 3. The minimum absolute atomic E-state index is 0.101. The average molecular weight is 440 g/mol. The molecule has 0 saturated carbocycles. The van der Waals surface area contributed by atoms with E-state index in [-0.39, 0.29) is 30.9 Å². The number of anilines is 2. The summed E-state index contributed by atoms with van der Waals surface area (Å²) in [7, 11) is -3.53. The number of carbonyl (C=O) groups is 2. The summed E-state index contributed by atoms with van der Waals surface area (Å²) in [5.74, 6) is -0.246. The predicted octanol–water partition coefficient (Wildman–Crippen LogP) is 1.01. The fourth-order valence-electron chi connectivity index (χ4n) is 3.23. The Morgan fingerprint density at radius 1 is 0.933 bits per heavy atom. The summed E-state index contributed by atoms with van der Waals surface area (Å²) in [6.07, 6.45) is 0. The van der Waals surface area contributed by atoms with Crippen LogP contribution in [0.15, 0.2) is 24.3 Å². The summed E-state index contributed by atoms with van der Waals surface area (Å²) in [6.45, 7) is 6.23. The van der Waals surface area contributed by atoms with Crippen molar-refractivity contribution in [3.8, 4) is 0 Å². The molecular weight excluding hydrogens is 410 g/mol. The molecule has 1 aromatic rings. The first kappa shape index (κ1) is 22.5. The third kappa shape index (κ3) is 5.48. The number of ether oxygens (including phenoxy) is 1. The first-order chi connectivity index (χ1) is 14.3. The summed E-state index contributed by atoms with van der Waals surface area (Å²) in [4.78, 5) is 26.0. The summed E-state index contributed by atoms with van der Waals surface area (Å²) < 4.78 is 33.5. The highest BCUT2D eigenvalue weighted by atomic mass is 32.2. The second-order valence-electron chi connectivity index (χ2n) is 7.56. The number of urea groups is 1. The van der Waals surface area contributed by atoms with Gasteiger partial charge in [-0.2, -0.15) is 17.0 Å². The summed E-state index contributed by atoms with van der Waals surface area (Å²) >= 11 is 0. The van der Waals surface area contributed by atoms with Gasteiger partial charge in [0.2, 0.25) is 5.91 Å². The average Bonchev–Trinajstić information content (AvgIpc) is 2.74. The Balaban J connectivity index is 1.54. The molecule has 0 aromatic heterocycles. The van der Waals surface area contributed by atoms with Gasteiger partial charge in [0.15, 0.2) is 0 Å². The smallest absolute Gasteiger partial charge is 0.321 e. The summed E-state index contributed by atoms with van der Waals surface area (Å²) in [6, 6.07) is 6.63. The fourth-order valence-corrected chi connectivity index (χ4v) is 4.79. The van der Waals surface area contributed by atoms with Crippen molar-refractivity contribution in [1.82, 2.24) is 13.5 Å². The maximum atomic E-state index is 12.7. The van der Waals surface area contributed by atoms with Crippen molar-refractivity contribution >= 4 is 33.5 Å². The van der Waals surface area contributed by atoms with Crippen LogP contribution in [-0.2, 0) is 19.7 Å². The number of benzene rings is 1. The lowest BCUT2D eigenvalue weighted by molar-refractivity contribution is -0.118. The molecule has 2 heterocycles. The lowest BCUT2D eigenvalue weighted by Gasteiger charge is -2.37. The van der Waals surface area contributed by atoms with E-state index in [4.69, 9.17) is 4.74 Å². The lowest BCUT2D eigenvalue weighted by Crippen LogP contribution is -2.56. The number of nitrogens with one attached hydrogen (secondary N) is 2. The van der Waals surface area contributed by atoms with Crippen LogP contribution in [0, 0.1) is 5.92 Å². The predicted molar refractivity (Wildman–Crippen MR) is 113 cm³/mol. The van der Waals surface area contributed by atoms with Gasteiger partial charge in [0.05, 0.1) is 13.2 Å². The van der Waals surface area contributed by atoms with Crippen LogP contribution in [0.4, 0.5) is 16.2 Å². The van der Waals surface area contributed by atoms with Crippen molar-refractivity contribution in [1.29, 1.82) is 0 Å². The third-order valence-electron chi connectivity index (χ3n) is 5.05. The zero-order valence-electron chi connectivity index (χ0n) is 17.3. The van der Waals surface area contributed by atoms with Crippen molar-refractivity contribution in [3.63, 3.8) is 0 Å². The van der Waals surface area contributed by atoms with Gasteiger partial charge in [0.25, 0.3) is 10.2 Å².